The van der Waals surface area contributed by atoms with E-state index in [1.54, 1.807) is 19.2 Å². The topological polar surface area (TPSA) is 9.23 Å². The summed E-state index contributed by atoms with van der Waals surface area (Å²) < 4.78 is 19.0. The van der Waals surface area contributed by atoms with Crippen molar-refractivity contribution < 1.29 is 9.13 Å². The van der Waals surface area contributed by atoms with E-state index in [9.17, 15) is 4.39 Å². The Balaban J connectivity index is 2.44. The van der Waals surface area contributed by atoms with Crippen molar-refractivity contribution in [2.45, 2.75) is 12.3 Å². The van der Waals surface area contributed by atoms with E-state index < -0.39 is 11.2 Å². The summed E-state index contributed by atoms with van der Waals surface area (Å²) in [7, 11) is 1.61. The van der Waals surface area contributed by atoms with Gasteiger partial charge in [0.15, 0.2) is 0 Å². The SMILES string of the molecule is COc1ccc(C(Cl)c2c(F)cccc2Cl)cc1C. The second kappa shape index (κ2) is 5.81. The highest BCUT2D eigenvalue weighted by molar-refractivity contribution is 6.33. The van der Waals surface area contributed by atoms with Gasteiger partial charge in [0.05, 0.1) is 12.5 Å². The Kier molecular flexibility index (Phi) is 4.33. The zero-order chi connectivity index (χ0) is 14.0. The van der Waals surface area contributed by atoms with Crippen LogP contribution in [0.1, 0.15) is 22.1 Å². The highest BCUT2D eigenvalue weighted by atomic mass is 35.5. The third-order valence-corrected chi connectivity index (χ3v) is 3.76. The summed E-state index contributed by atoms with van der Waals surface area (Å²) in [5, 5.41) is -0.299. The van der Waals surface area contributed by atoms with Gasteiger partial charge in [-0.3, -0.25) is 0 Å². The molecule has 4 heteroatoms. The molecule has 0 aromatic heterocycles. The van der Waals surface area contributed by atoms with E-state index in [2.05, 4.69) is 0 Å². The van der Waals surface area contributed by atoms with Gasteiger partial charge >= 0.3 is 0 Å². The minimum Gasteiger partial charge on any atom is -0.496 e. The Morgan fingerprint density at radius 2 is 1.95 bits per heavy atom. The van der Waals surface area contributed by atoms with Crippen LogP contribution in [0.2, 0.25) is 5.02 Å². The number of ether oxygens (including phenoxy) is 1. The molecule has 0 aliphatic rings. The Hall–Kier alpha value is -1.25. The Labute approximate surface area is 121 Å². The van der Waals surface area contributed by atoms with E-state index in [1.807, 2.05) is 25.1 Å². The molecule has 0 amide bonds. The fourth-order valence-electron chi connectivity index (χ4n) is 1.98. The van der Waals surface area contributed by atoms with Gasteiger partial charge in [0.1, 0.15) is 11.6 Å². The van der Waals surface area contributed by atoms with Crippen molar-refractivity contribution >= 4 is 23.2 Å². The number of aryl methyl sites for hydroxylation is 1. The number of methoxy groups -OCH3 is 1. The van der Waals surface area contributed by atoms with Crippen LogP contribution < -0.4 is 4.74 Å². The third-order valence-electron chi connectivity index (χ3n) is 2.96. The summed E-state index contributed by atoms with van der Waals surface area (Å²) in [5.74, 6) is 0.369. The minimum atomic E-state index is -0.627. The summed E-state index contributed by atoms with van der Waals surface area (Å²) in [6.07, 6.45) is 0. The van der Waals surface area contributed by atoms with Crippen LogP contribution in [0, 0.1) is 12.7 Å². The summed E-state index contributed by atoms with van der Waals surface area (Å²) in [5.41, 5.74) is 2.03. The summed E-state index contributed by atoms with van der Waals surface area (Å²) in [6.45, 7) is 1.91. The molecule has 0 aliphatic heterocycles. The Morgan fingerprint density at radius 3 is 2.53 bits per heavy atom. The predicted octanol–water partition coefficient (Wildman–Crippen LogP) is 5.12. The lowest BCUT2D eigenvalue weighted by molar-refractivity contribution is 0.411. The molecule has 19 heavy (non-hydrogen) atoms. The first kappa shape index (κ1) is 14.2. The first-order valence-corrected chi connectivity index (χ1v) is 6.58. The van der Waals surface area contributed by atoms with Gasteiger partial charge in [-0.2, -0.15) is 0 Å². The number of hydrogen-bond acceptors (Lipinski definition) is 1. The van der Waals surface area contributed by atoms with Crippen molar-refractivity contribution in [3.63, 3.8) is 0 Å². The molecule has 1 nitrogen and oxygen atoms in total. The van der Waals surface area contributed by atoms with E-state index in [0.717, 1.165) is 16.9 Å². The molecule has 2 aromatic carbocycles. The van der Waals surface area contributed by atoms with Gasteiger partial charge in [0, 0.05) is 10.6 Å². The van der Waals surface area contributed by atoms with Crippen LogP contribution >= 0.6 is 23.2 Å². The minimum absolute atomic E-state index is 0.301. The van der Waals surface area contributed by atoms with Crippen LogP contribution in [0.15, 0.2) is 36.4 Å². The van der Waals surface area contributed by atoms with E-state index >= 15 is 0 Å². The lowest BCUT2D eigenvalue weighted by Crippen LogP contribution is -1.99. The number of benzene rings is 2. The van der Waals surface area contributed by atoms with E-state index in [4.69, 9.17) is 27.9 Å². The van der Waals surface area contributed by atoms with Crippen molar-refractivity contribution in [3.8, 4) is 5.75 Å². The fourth-order valence-corrected chi connectivity index (χ4v) is 2.66. The largest absolute Gasteiger partial charge is 0.496 e. The van der Waals surface area contributed by atoms with Crippen LogP contribution in [0.4, 0.5) is 4.39 Å². The lowest BCUT2D eigenvalue weighted by atomic mass is 10.0. The predicted molar refractivity (Wildman–Crippen MR) is 76.8 cm³/mol. The molecular weight excluding hydrogens is 286 g/mol. The summed E-state index contributed by atoms with van der Waals surface area (Å²) in [4.78, 5) is 0. The molecule has 100 valence electrons. The van der Waals surface area contributed by atoms with Gasteiger partial charge in [0.25, 0.3) is 0 Å². The van der Waals surface area contributed by atoms with E-state index in [-0.39, 0.29) is 0 Å². The molecule has 1 unspecified atom stereocenters. The second-order valence-corrected chi connectivity index (χ2v) is 5.07. The van der Waals surface area contributed by atoms with Crippen molar-refractivity contribution in [3.05, 3.63) is 63.9 Å². The van der Waals surface area contributed by atoms with Gasteiger partial charge in [0.2, 0.25) is 0 Å². The van der Waals surface area contributed by atoms with Crippen molar-refractivity contribution in [1.82, 2.24) is 0 Å². The molecule has 0 bridgehead atoms. The van der Waals surface area contributed by atoms with Gasteiger partial charge in [-0.1, -0.05) is 29.8 Å². The van der Waals surface area contributed by atoms with Gasteiger partial charge < -0.3 is 4.74 Å². The summed E-state index contributed by atoms with van der Waals surface area (Å²) in [6, 6.07) is 10.0. The second-order valence-electron chi connectivity index (χ2n) is 4.23. The average molecular weight is 299 g/mol. The molecular formula is C15H13Cl2FO. The third kappa shape index (κ3) is 2.85. The highest BCUT2D eigenvalue weighted by Gasteiger charge is 2.19. The number of rotatable bonds is 3. The zero-order valence-corrected chi connectivity index (χ0v) is 12.1. The number of hydrogen-bond donors (Lipinski definition) is 0. The quantitative estimate of drug-likeness (QED) is 0.714. The zero-order valence-electron chi connectivity index (χ0n) is 10.6. The summed E-state index contributed by atoms with van der Waals surface area (Å²) >= 11 is 12.4. The van der Waals surface area contributed by atoms with Crippen molar-refractivity contribution in [1.29, 1.82) is 0 Å². The maximum absolute atomic E-state index is 13.8. The van der Waals surface area contributed by atoms with Gasteiger partial charge in [-0.25, -0.2) is 4.39 Å². The molecule has 0 aliphatic carbocycles. The van der Waals surface area contributed by atoms with Crippen molar-refractivity contribution in [2.75, 3.05) is 7.11 Å². The van der Waals surface area contributed by atoms with Crippen LogP contribution in [0.25, 0.3) is 0 Å². The van der Waals surface area contributed by atoms with Gasteiger partial charge in [-0.05, 0) is 36.2 Å². The maximum atomic E-state index is 13.8. The first-order chi connectivity index (χ1) is 9.04. The van der Waals surface area contributed by atoms with E-state index in [0.29, 0.717) is 10.6 Å². The molecule has 0 saturated heterocycles. The molecule has 0 N–H and O–H groups in total. The molecule has 1 atom stereocenters. The highest BCUT2D eigenvalue weighted by Crippen LogP contribution is 2.36. The Bertz CT molecular complexity index is 578. The van der Waals surface area contributed by atoms with Crippen LogP contribution in [-0.4, -0.2) is 7.11 Å². The van der Waals surface area contributed by atoms with Crippen LogP contribution in [0.5, 0.6) is 5.75 Å². The average Bonchev–Trinajstić information content (AvgIpc) is 2.38. The smallest absolute Gasteiger partial charge is 0.129 e. The molecule has 0 spiro atoms. The molecule has 2 rings (SSSR count). The Morgan fingerprint density at radius 1 is 1.21 bits per heavy atom. The lowest BCUT2D eigenvalue weighted by Gasteiger charge is -2.15. The fraction of sp³-hybridized carbons (Fsp3) is 0.200. The number of alkyl halides is 1. The van der Waals surface area contributed by atoms with Gasteiger partial charge in [-0.15, -0.1) is 11.6 Å². The molecule has 0 radical (unpaired) electrons. The van der Waals surface area contributed by atoms with Crippen LogP contribution in [-0.2, 0) is 0 Å². The first-order valence-electron chi connectivity index (χ1n) is 5.77. The molecule has 0 saturated carbocycles. The van der Waals surface area contributed by atoms with Crippen molar-refractivity contribution in [2.24, 2.45) is 0 Å². The molecule has 0 fully saturated rings. The number of halogens is 3. The molecule has 2 aromatic rings. The standard InChI is InChI=1S/C15H13Cl2FO/c1-9-8-10(6-7-13(9)19-2)15(17)14-11(16)4-3-5-12(14)18/h3-8,15H,1-2H3. The maximum Gasteiger partial charge on any atom is 0.129 e. The van der Waals surface area contributed by atoms with E-state index in [1.165, 1.54) is 6.07 Å². The molecule has 0 heterocycles. The van der Waals surface area contributed by atoms with Crippen LogP contribution in [0.3, 0.4) is 0 Å². The monoisotopic (exact) mass is 298 g/mol. The normalized spacial score (nSPS) is 12.3.